The van der Waals surface area contributed by atoms with Gasteiger partial charge in [-0.3, -0.25) is 4.79 Å². The van der Waals surface area contributed by atoms with Crippen molar-refractivity contribution in [3.63, 3.8) is 0 Å². The molecule has 0 saturated carbocycles. The van der Waals surface area contributed by atoms with E-state index in [9.17, 15) is 14.4 Å². The van der Waals surface area contributed by atoms with Crippen LogP contribution in [0.1, 0.15) is 37.5 Å². The Labute approximate surface area is 171 Å². The summed E-state index contributed by atoms with van der Waals surface area (Å²) in [6.45, 7) is 5.43. The van der Waals surface area contributed by atoms with Gasteiger partial charge < -0.3 is 31.0 Å². The molecular formula is C20H31N3O6. The number of alkyl carbamates (subject to hydrolysis) is 1. The quantitative estimate of drug-likeness (QED) is 0.422. The van der Waals surface area contributed by atoms with Gasteiger partial charge in [-0.05, 0) is 43.9 Å². The number of ether oxygens (including phenoxy) is 3. The molecule has 0 aliphatic rings. The van der Waals surface area contributed by atoms with Crippen LogP contribution < -0.4 is 16.8 Å². The zero-order valence-corrected chi connectivity index (χ0v) is 17.6. The normalized spacial score (nSPS) is 13.2. The number of carbonyl (C=O) groups is 3. The van der Waals surface area contributed by atoms with E-state index < -0.39 is 35.7 Å². The third kappa shape index (κ3) is 8.49. The van der Waals surface area contributed by atoms with E-state index in [1.165, 1.54) is 14.2 Å². The van der Waals surface area contributed by atoms with Gasteiger partial charge in [0, 0.05) is 13.0 Å². The first-order valence-corrected chi connectivity index (χ1v) is 9.21. The molecule has 0 saturated heterocycles. The number of nitrogens with one attached hydrogen (secondary N) is 1. The fourth-order valence-electron chi connectivity index (χ4n) is 2.70. The number of benzene rings is 1. The van der Waals surface area contributed by atoms with Crippen LogP contribution >= 0.6 is 0 Å². The molecule has 162 valence electrons. The summed E-state index contributed by atoms with van der Waals surface area (Å²) in [7, 11) is 2.51. The van der Waals surface area contributed by atoms with Crippen molar-refractivity contribution in [2.45, 2.75) is 57.8 Å². The summed E-state index contributed by atoms with van der Waals surface area (Å²) in [6.07, 6.45) is -0.327. The highest BCUT2D eigenvalue weighted by atomic mass is 16.6. The molecule has 0 heterocycles. The first-order chi connectivity index (χ1) is 13.5. The molecule has 0 radical (unpaired) electrons. The molecule has 1 rings (SSSR count). The third-order valence-electron chi connectivity index (χ3n) is 3.92. The number of hydrogen-bond acceptors (Lipinski definition) is 8. The van der Waals surface area contributed by atoms with Crippen LogP contribution in [-0.4, -0.2) is 49.9 Å². The molecule has 0 aliphatic heterocycles. The van der Waals surface area contributed by atoms with E-state index >= 15 is 0 Å². The molecule has 0 bridgehead atoms. The topological polar surface area (TPSA) is 143 Å². The number of hydrogen-bond donors (Lipinski definition) is 3. The molecule has 0 unspecified atom stereocenters. The zero-order valence-electron chi connectivity index (χ0n) is 17.6. The number of carbonyl (C=O) groups excluding carboxylic acids is 3. The van der Waals surface area contributed by atoms with Gasteiger partial charge in [-0.1, -0.05) is 18.2 Å². The average molecular weight is 409 g/mol. The van der Waals surface area contributed by atoms with Gasteiger partial charge in [-0.25, -0.2) is 9.59 Å². The lowest BCUT2D eigenvalue weighted by Crippen LogP contribution is -2.45. The highest BCUT2D eigenvalue weighted by Gasteiger charge is 2.26. The summed E-state index contributed by atoms with van der Waals surface area (Å²) in [5, 5.41) is 2.53. The van der Waals surface area contributed by atoms with Crippen molar-refractivity contribution < 1.29 is 28.6 Å². The average Bonchev–Trinajstić information content (AvgIpc) is 2.64. The van der Waals surface area contributed by atoms with E-state index in [1.54, 1.807) is 26.8 Å². The highest BCUT2D eigenvalue weighted by Crippen LogP contribution is 2.15. The standard InChI is InChI=1S/C20H31N3O6/c1-20(2,3)29-19(26)23-16(18(25)28-5)10-13-6-12(7-14(8-13)11-21)9-15(22)17(24)27-4/h6-8,15-16H,9-11,21-22H2,1-5H3,(H,23,26)/t15-,16-/m0/s1. The molecule has 1 amide bonds. The van der Waals surface area contributed by atoms with Crippen molar-refractivity contribution in [2.24, 2.45) is 11.5 Å². The Morgan fingerprint density at radius 2 is 1.48 bits per heavy atom. The van der Waals surface area contributed by atoms with Gasteiger partial charge in [0.1, 0.15) is 17.7 Å². The first-order valence-electron chi connectivity index (χ1n) is 9.21. The molecule has 1 aromatic carbocycles. The Bertz CT molecular complexity index is 729. The number of rotatable bonds is 8. The maximum absolute atomic E-state index is 12.2. The van der Waals surface area contributed by atoms with Gasteiger partial charge in [0.25, 0.3) is 0 Å². The molecule has 0 spiro atoms. The second-order valence-corrected chi connectivity index (χ2v) is 7.62. The lowest BCUT2D eigenvalue weighted by molar-refractivity contribution is -0.143. The largest absolute Gasteiger partial charge is 0.468 e. The summed E-state index contributed by atoms with van der Waals surface area (Å²) in [6, 6.07) is 3.68. The second-order valence-electron chi connectivity index (χ2n) is 7.62. The molecule has 9 heteroatoms. The van der Waals surface area contributed by atoms with Crippen molar-refractivity contribution in [3.8, 4) is 0 Å². The Hall–Kier alpha value is -2.65. The second kappa shape index (κ2) is 10.8. The van der Waals surface area contributed by atoms with E-state index in [4.69, 9.17) is 20.9 Å². The van der Waals surface area contributed by atoms with Crippen LogP contribution in [0.4, 0.5) is 4.79 Å². The molecule has 2 atom stereocenters. The van der Waals surface area contributed by atoms with Crippen LogP contribution in [0.25, 0.3) is 0 Å². The summed E-state index contributed by atoms with van der Waals surface area (Å²) in [5.74, 6) is -1.13. The Morgan fingerprint density at radius 1 is 0.966 bits per heavy atom. The molecule has 0 aromatic heterocycles. The summed E-state index contributed by atoms with van der Waals surface area (Å²) in [4.78, 5) is 35.9. The number of amides is 1. The lowest BCUT2D eigenvalue weighted by Gasteiger charge is -2.23. The summed E-state index contributed by atoms with van der Waals surface area (Å²) < 4.78 is 14.7. The van der Waals surface area contributed by atoms with Crippen molar-refractivity contribution >= 4 is 18.0 Å². The van der Waals surface area contributed by atoms with Crippen molar-refractivity contribution in [1.82, 2.24) is 5.32 Å². The molecule has 29 heavy (non-hydrogen) atoms. The SMILES string of the molecule is COC(=O)[C@H](Cc1cc(CN)cc(C[C@H](N)C(=O)OC)c1)NC(=O)OC(C)(C)C. The fraction of sp³-hybridized carbons (Fsp3) is 0.550. The third-order valence-corrected chi connectivity index (χ3v) is 3.92. The Morgan fingerprint density at radius 3 is 1.97 bits per heavy atom. The highest BCUT2D eigenvalue weighted by molar-refractivity contribution is 5.81. The van der Waals surface area contributed by atoms with Crippen LogP contribution in [-0.2, 0) is 43.2 Å². The van der Waals surface area contributed by atoms with E-state index in [0.717, 1.165) is 16.7 Å². The minimum atomic E-state index is -0.954. The minimum Gasteiger partial charge on any atom is -0.468 e. The molecule has 5 N–H and O–H groups in total. The Balaban J connectivity index is 3.05. The summed E-state index contributed by atoms with van der Waals surface area (Å²) >= 11 is 0. The van der Waals surface area contributed by atoms with E-state index in [1.807, 2.05) is 12.1 Å². The predicted octanol–water partition coefficient (Wildman–Crippen LogP) is 0.797. The molecular weight excluding hydrogens is 378 g/mol. The van der Waals surface area contributed by atoms with Gasteiger partial charge >= 0.3 is 18.0 Å². The van der Waals surface area contributed by atoms with Gasteiger partial charge in [0.05, 0.1) is 14.2 Å². The van der Waals surface area contributed by atoms with Crippen molar-refractivity contribution in [2.75, 3.05) is 14.2 Å². The fourth-order valence-corrected chi connectivity index (χ4v) is 2.70. The lowest BCUT2D eigenvalue weighted by atomic mass is 9.97. The maximum atomic E-state index is 12.2. The van der Waals surface area contributed by atoms with Crippen LogP contribution in [0.3, 0.4) is 0 Å². The van der Waals surface area contributed by atoms with Crippen LogP contribution in [0.2, 0.25) is 0 Å². The van der Waals surface area contributed by atoms with Crippen LogP contribution in [0, 0.1) is 0 Å². The first kappa shape index (κ1) is 24.4. The predicted molar refractivity (Wildman–Crippen MR) is 107 cm³/mol. The van der Waals surface area contributed by atoms with Gasteiger partial charge in [-0.15, -0.1) is 0 Å². The van der Waals surface area contributed by atoms with E-state index in [0.29, 0.717) is 0 Å². The van der Waals surface area contributed by atoms with E-state index in [2.05, 4.69) is 10.1 Å². The van der Waals surface area contributed by atoms with Gasteiger partial charge in [0.2, 0.25) is 0 Å². The number of esters is 2. The molecule has 9 nitrogen and oxygen atoms in total. The molecule has 0 aliphatic carbocycles. The van der Waals surface area contributed by atoms with Crippen molar-refractivity contribution in [3.05, 3.63) is 34.9 Å². The number of nitrogens with two attached hydrogens (primary N) is 2. The van der Waals surface area contributed by atoms with Crippen LogP contribution in [0.5, 0.6) is 0 Å². The summed E-state index contributed by atoms with van der Waals surface area (Å²) in [5.41, 5.74) is 13.2. The minimum absolute atomic E-state index is 0.153. The molecule has 1 aromatic rings. The monoisotopic (exact) mass is 409 g/mol. The Kier molecular flexibility index (Phi) is 9.06. The number of methoxy groups -OCH3 is 2. The smallest absolute Gasteiger partial charge is 0.408 e. The van der Waals surface area contributed by atoms with Gasteiger partial charge in [-0.2, -0.15) is 0 Å². The van der Waals surface area contributed by atoms with Crippen molar-refractivity contribution in [1.29, 1.82) is 0 Å². The zero-order chi connectivity index (χ0) is 22.2. The maximum Gasteiger partial charge on any atom is 0.408 e. The van der Waals surface area contributed by atoms with Crippen LogP contribution in [0.15, 0.2) is 18.2 Å². The van der Waals surface area contributed by atoms with Gasteiger partial charge in [0.15, 0.2) is 0 Å². The molecule has 0 fully saturated rings. The van der Waals surface area contributed by atoms with E-state index in [-0.39, 0.29) is 19.4 Å².